The average molecular weight is 271 g/mol. The quantitative estimate of drug-likeness (QED) is 0.931. The van der Waals surface area contributed by atoms with E-state index in [0.717, 1.165) is 0 Å². The van der Waals surface area contributed by atoms with E-state index in [-0.39, 0.29) is 11.1 Å². The minimum atomic E-state index is -1.14. The van der Waals surface area contributed by atoms with E-state index < -0.39 is 11.8 Å². The summed E-state index contributed by atoms with van der Waals surface area (Å²) in [6.45, 7) is 0. The lowest BCUT2D eigenvalue weighted by Gasteiger charge is -2.08. The van der Waals surface area contributed by atoms with Crippen LogP contribution >= 0.6 is 0 Å². The van der Waals surface area contributed by atoms with Gasteiger partial charge in [0.25, 0.3) is 0 Å². The van der Waals surface area contributed by atoms with Crippen LogP contribution in [0.3, 0.4) is 0 Å². The summed E-state index contributed by atoms with van der Waals surface area (Å²) in [7, 11) is 1.40. The van der Waals surface area contributed by atoms with Gasteiger partial charge in [-0.05, 0) is 42.0 Å². The number of ether oxygens (including phenoxy) is 1. The Morgan fingerprint density at radius 2 is 2.05 bits per heavy atom. The van der Waals surface area contributed by atoms with E-state index in [2.05, 4.69) is 0 Å². The van der Waals surface area contributed by atoms with E-state index in [9.17, 15) is 9.18 Å². The lowest BCUT2D eigenvalue weighted by Crippen LogP contribution is -1.98. The number of carboxylic acids is 1. The first-order chi connectivity index (χ1) is 9.55. The molecule has 2 aromatic carbocycles. The van der Waals surface area contributed by atoms with Crippen LogP contribution in [0.2, 0.25) is 0 Å². The van der Waals surface area contributed by atoms with E-state index in [1.807, 2.05) is 6.07 Å². The molecule has 0 unspecified atom stereocenters. The number of methoxy groups -OCH3 is 1. The van der Waals surface area contributed by atoms with Crippen molar-refractivity contribution in [3.8, 4) is 22.9 Å². The van der Waals surface area contributed by atoms with Crippen molar-refractivity contribution in [3.05, 3.63) is 53.3 Å². The monoisotopic (exact) mass is 271 g/mol. The van der Waals surface area contributed by atoms with Crippen molar-refractivity contribution in [3.63, 3.8) is 0 Å². The third-order valence-corrected chi connectivity index (χ3v) is 2.80. The Hall–Kier alpha value is -2.87. The topological polar surface area (TPSA) is 70.3 Å². The predicted octanol–water partition coefficient (Wildman–Crippen LogP) is 3.07. The summed E-state index contributed by atoms with van der Waals surface area (Å²) in [5.74, 6) is -1.36. The van der Waals surface area contributed by atoms with Gasteiger partial charge in [0.15, 0.2) is 0 Å². The molecule has 0 aliphatic heterocycles. The molecule has 0 aliphatic carbocycles. The summed E-state index contributed by atoms with van der Waals surface area (Å²) in [6, 6.07) is 10.0. The van der Waals surface area contributed by atoms with Gasteiger partial charge in [0.1, 0.15) is 11.6 Å². The van der Waals surface area contributed by atoms with Crippen LogP contribution < -0.4 is 4.74 Å². The number of carbonyl (C=O) groups is 1. The van der Waals surface area contributed by atoms with Gasteiger partial charge in [-0.2, -0.15) is 5.26 Å². The summed E-state index contributed by atoms with van der Waals surface area (Å²) in [5.41, 5.74) is 0.781. The molecule has 5 heteroatoms. The summed E-state index contributed by atoms with van der Waals surface area (Å²) in [4.78, 5) is 11.1. The van der Waals surface area contributed by atoms with Crippen LogP contribution in [0.5, 0.6) is 5.75 Å². The van der Waals surface area contributed by atoms with Gasteiger partial charge < -0.3 is 9.84 Å². The second kappa shape index (κ2) is 5.41. The maximum atomic E-state index is 13.9. The fourth-order valence-electron chi connectivity index (χ4n) is 1.81. The lowest BCUT2D eigenvalue weighted by atomic mass is 10.00. The van der Waals surface area contributed by atoms with E-state index in [1.54, 1.807) is 0 Å². The summed E-state index contributed by atoms with van der Waals surface area (Å²) >= 11 is 0. The molecular weight excluding hydrogens is 261 g/mol. The second-order valence-corrected chi connectivity index (χ2v) is 4.06. The molecule has 0 spiro atoms. The molecule has 0 aliphatic rings. The summed E-state index contributed by atoms with van der Waals surface area (Å²) in [5, 5.41) is 17.9. The molecule has 100 valence electrons. The molecule has 0 bridgehead atoms. The molecule has 20 heavy (non-hydrogen) atoms. The van der Waals surface area contributed by atoms with Gasteiger partial charge in [0, 0.05) is 5.56 Å². The maximum absolute atomic E-state index is 13.9. The average Bonchev–Trinajstić information content (AvgIpc) is 2.47. The molecule has 0 aromatic heterocycles. The molecule has 0 fully saturated rings. The van der Waals surface area contributed by atoms with Gasteiger partial charge in [0.05, 0.1) is 24.3 Å². The van der Waals surface area contributed by atoms with Crippen molar-refractivity contribution in [2.75, 3.05) is 7.11 Å². The zero-order chi connectivity index (χ0) is 14.7. The molecule has 0 radical (unpaired) electrons. The minimum absolute atomic E-state index is 0.0129. The smallest absolute Gasteiger partial charge is 0.335 e. The number of carboxylic acid groups (broad SMARTS) is 1. The number of hydrogen-bond donors (Lipinski definition) is 1. The fraction of sp³-hybridized carbons (Fsp3) is 0.0667. The van der Waals surface area contributed by atoms with Crippen molar-refractivity contribution >= 4 is 5.97 Å². The molecule has 4 nitrogen and oxygen atoms in total. The summed E-state index contributed by atoms with van der Waals surface area (Å²) in [6.07, 6.45) is 0. The van der Waals surface area contributed by atoms with Crippen molar-refractivity contribution in [1.82, 2.24) is 0 Å². The van der Waals surface area contributed by atoms with Crippen molar-refractivity contribution in [2.45, 2.75) is 0 Å². The Labute approximate surface area is 114 Å². The van der Waals surface area contributed by atoms with E-state index in [1.165, 1.54) is 43.5 Å². The largest absolute Gasteiger partial charge is 0.497 e. The predicted molar refractivity (Wildman–Crippen MR) is 70.1 cm³/mol. The van der Waals surface area contributed by atoms with Crippen LogP contribution in [-0.4, -0.2) is 18.2 Å². The molecular formula is C15H10FNO3. The normalized spacial score (nSPS) is 9.85. The highest BCUT2D eigenvalue weighted by atomic mass is 19.1. The molecule has 0 saturated heterocycles. The summed E-state index contributed by atoms with van der Waals surface area (Å²) < 4.78 is 18.9. The molecule has 0 amide bonds. The molecule has 2 aromatic rings. The number of benzene rings is 2. The first-order valence-corrected chi connectivity index (χ1v) is 5.67. The van der Waals surface area contributed by atoms with Crippen LogP contribution in [0.1, 0.15) is 15.9 Å². The minimum Gasteiger partial charge on any atom is -0.497 e. The van der Waals surface area contributed by atoms with Crippen LogP contribution in [0.15, 0.2) is 36.4 Å². The van der Waals surface area contributed by atoms with Crippen molar-refractivity contribution in [1.29, 1.82) is 5.26 Å². The number of nitriles is 1. The standard InChI is InChI=1S/C15H10FNO3/c1-20-12-6-10(5-11(7-12)15(18)19)13-4-9(8-17)2-3-14(13)16/h2-7H,1H3,(H,18,19). The van der Waals surface area contributed by atoms with E-state index in [0.29, 0.717) is 16.9 Å². The lowest BCUT2D eigenvalue weighted by molar-refractivity contribution is 0.0696. The highest BCUT2D eigenvalue weighted by molar-refractivity contribution is 5.90. The maximum Gasteiger partial charge on any atom is 0.335 e. The molecule has 1 N–H and O–H groups in total. The molecule has 0 saturated carbocycles. The van der Waals surface area contributed by atoms with E-state index in [4.69, 9.17) is 15.1 Å². The Morgan fingerprint density at radius 1 is 1.30 bits per heavy atom. The number of hydrogen-bond acceptors (Lipinski definition) is 3. The van der Waals surface area contributed by atoms with Crippen LogP contribution in [0, 0.1) is 17.1 Å². The molecule has 0 heterocycles. The van der Waals surface area contributed by atoms with Crippen molar-refractivity contribution < 1.29 is 19.0 Å². The Kier molecular flexibility index (Phi) is 3.67. The van der Waals surface area contributed by atoms with Crippen LogP contribution in [0.4, 0.5) is 4.39 Å². The van der Waals surface area contributed by atoms with Gasteiger partial charge >= 0.3 is 5.97 Å². The Morgan fingerprint density at radius 3 is 2.65 bits per heavy atom. The van der Waals surface area contributed by atoms with Gasteiger partial charge in [0.2, 0.25) is 0 Å². The number of halogens is 1. The van der Waals surface area contributed by atoms with Gasteiger partial charge in [-0.1, -0.05) is 0 Å². The number of rotatable bonds is 3. The first-order valence-electron chi connectivity index (χ1n) is 5.67. The van der Waals surface area contributed by atoms with Crippen LogP contribution in [0.25, 0.3) is 11.1 Å². The Bertz CT molecular complexity index is 720. The Balaban J connectivity index is 2.66. The van der Waals surface area contributed by atoms with E-state index >= 15 is 0 Å². The number of nitrogens with zero attached hydrogens (tertiary/aromatic N) is 1. The first kappa shape index (κ1) is 13.6. The van der Waals surface area contributed by atoms with Gasteiger partial charge in [-0.15, -0.1) is 0 Å². The van der Waals surface area contributed by atoms with Gasteiger partial charge in [-0.3, -0.25) is 0 Å². The number of aromatic carboxylic acids is 1. The molecule has 2 rings (SSSR count). The highest BCUT2D eigenvalue weighted by Crippen LogP contribution is 2.29. The second-order valence-electron chi connectivity index (χ2n) is 4.06. The zero-order valence-electron chi connectivity index (χ0n) is 10.6. The van der Waals surface area contributed by atoms with Gasteiger partial charge in [-0.25, -0.2) is 9.18 Å². The molecule has 0 atom stereocenters. The van der Waals surface area contributed by atoms with Crippen molar-refractivity contribution in [2.24, 2.45) is 0 Å². The van der Waals surface area contributed by atoms with Crippen LogP contribution in [-0.2, 0) is 0 Å². The SMILES string of the molecule is COc1cc(C(=O)O)cc(-c2cc(C#N)ccc2F)c1. The fourth-order valence-corrected chi connectivity index (χ4v) is 1.81. The third kappa shape index (κ3) is 2.59. The highest BCUT2D eigenvalue weighted by Gasteiger charge is 2.12. The third-order valence-electron chi connectivity index (χ3n) is 2.80. The zero-order valence-corrected chi connectivity index (χ0v) is 10.6.